The predicted molar refractivity (Wildman–Crippen MR) is 90.2 cm³/mol. The first-order valence-electron chi connectivity index (χ1n) is 7.70. The van der Waals surface area contributed by atoms with Crippen LogP contribution in [0.25, 0.3) is 0 Å². The van der Waals surface area contributed by atoms with Gasteiger partial charge in [0.1, 0.15) is 5.82 Å². The molecule has 0 radical (unpaired) electrons. The topological polar surface area (TPSA) is 32.3 Å². The Morgan fingerprint density at radius 2 is 2.00 bits per heavy atom. The van der Waals surface area contributed by atoms with E-state index in [0.717, 1.165) is 44.1 Å². The molecule has 5 heteroatoms. The smallest absolute Gasteiger partial charge is 0.224 e. The molecule has 4 nitrogen and oxygen atoms in total. The molecule has 0 aliphatic carbocycles. The lowest BCUT2D eigenvalue weighted by Gasteiger charge is -2.31. The Kier molecular flexibility index (Phi) is 4.60. The van der Waals surface area contributed by atoms with Crippen LogP contribution in [0.15, 0.2) is 30.3 Å². The minimum absolute atomic E-state index is 0.352. The summed E-state index contributed by atoms with van der Waals surface area (Å²) < 4.78 is 0. The highest BCUT2D eigenvalue weighted by molar-refractivity contribution is 6.28. The summed E-state index contributed by atoms with van der Waals surface area (Å²) in [5, 5.41) is 0.352. The van der Waals surface area contributed by atoms with Gasteiger partial charge in [-0.25, -0.2) is 9.97 Å². The molecule has 0 amide bonds. The number of rotatable bonds is 4. The molecule has 22 heavy (non-hydrogen) atoms. The van der Waals surface area contributed by atoms with Crippen molar-refractivity contribution in [1.82, 2.24) is 14.9 Å². The lowest BCUT2D eigenvalue weighted by molar-refractivity contribution is 0.243. The van der Waals surface area contributed by atoms with Crippen LogP contribution in [0.2, 0.25) is 5.28 Å². The summed E-state index contributed by atoms with van der Waals surface area (Å²) in [4.78, 5) is 13.5. The quantitative estimate of drug-likeness (QED) is 0.811. The second kappa shape index (κ2) is 6.63. The summed E-state index contributed by atoms with van der Waals surface area (Å²) in [5.41, 5.74) is 3.65. The molecule has 0 saturated heterocycles. The predicted octanol–water partition coefficient (Wildman–Crippen LogP) is 3.14. The first-order valence-corrected chi connectivity index (χ1v) is 8.08. The molecule has 2 heterocycles. The normalized spacial score (nSPS) is 14.7. The van der Waals surface area contributed by atoms with E-state index in [4.69, 9.17) is 11.6 Å². The van der Waals surface area contributed by atoms with Gasteiger partial charge in [-0.3, -0.25) is 4.90 Å². The van der Waals surface area contributed by atoms with Crippen molar-refractivity contribution >= 4 is 17.4 Å². The Hall–Kier alpha value is -1.65. The molecule has 0 N–H and O–H groups in total. The van der Waals surface area contributed by atoms with E-state index in [9.17, 15) is 0 Å². The first kappa shape index (κ1) is 15.3. The van der Waals surface area contributed by atoms with E-state index in [1.165, 1.54) is 11.1 Å². The van der Waals surface area contributed by atoms with Crippen molar-refractivity contribution in [2.75, 3.05) is 25.0 Å². The molecular formula is C17H21ClN4. The van der Waals surface area contributed by atoms with E-state index in [0.29, 0.717) is 5.28 Å². The second-order valence-electron chi connectivity index (χ2n) is 5.70. The molecule has 116 valence electrons. The van der Waals surface area contributed by atoms with Crippen LogP contribution in [-0.2, 0) is 19.5 Å². The van der Waals surface area contributed by atoms with E-state index in [1.54, 1.807) is 0 Å². The third-order valence-electron chi connectivity index (χ3n) is 4.18. The lowest BCUT2D eigenvalue weighted by atomic mass is 10.0. The van der Waals surface area contributed by atoms with Gasteiger partial charge >= 0.3 is 0 Å². The van der Waals surface area contributed by atoms with Crippen LogP contribution in [0.5, 0.6) is 0 Å². The van der Waals surface area contributed by atoms with Gasteiger partial charge in [0.2, 0.25) is 5.28 Å². The van der Waals surface area contributed by atoms with Gasteiger partial charge < -0.3 is 4.90 Å². The molecule has 0 unspecified atom stereocenters. The number of anilines is 1. The highest BCUT2D eigenvalue weighted by Gasteiger charge is 2.23. The number of nitrogens with zero attached hydrogens (tertiary/aromatic N) is 4. The Bertz CT molecular complexity index is 645. The zero-order valence-corrected chi connectivity index (χ0v) is 13.8. The summed E-state index contributed by atoms with van der Waals surface area (Å²) in [5.74, 6) is 0.968. The molecule has 2 aromatic rings. The van der Waals surface area contributed by atoms with Crippen molar-refractivity contribution in [3.8, 4) is 0 Å². The largest absolute Gasteiger partial charge is 0.360 e. The highest BCUT2D eigenvalue weighted by Crippen LogP contribution is 2.28. The molecule has 0 bridgehead atoms. The van der Waals surface area contributed by atoms with Crippen molar-refractivity contribution in [2.24, 2.45) is 0 Å². The maximum absolute atomic E-state index is 6.09. The molecule has 1 aliphatic heterocycles. The third-order valence-corrected chi connectivity index (χ3v) is 4.34. The molecule has 0 atom stereocenters. The molecule has 3 rings (SSSR count). The fourth-order valence-electron chi connectivity index (χ4n) is 2.87. The molecule has 0 spiro atoms. The Labute approximate surface area is 136 Å². The number of fused-ring (bicyclic) bond motifs is 1. The zero-order valence-electron chi connectivity index (χ0n) is 13.1. The van der Waals surface area contributed by atoms with Gasteiger partial charge in [0.05, 0.1) is 5.69 Å². The number of hydrogen-bond acceptors (Lipinski definition) is 4. The molecule has 0 fully saturated rings. The van der Waals surface area contributed by atoms with Gasteiger partial charge in [-0.05, 0) is 24.1 Å². The van der Waals surface area contributed by atoms with Gasteiger partial charge in [0.25, 0.3) is 0 Å². The number of hydrogen-bond donors (Lipinski definition) is 0. The standard InChI is InChI=1S/C17H21ClN4/c1-3-21(2)16-14-12-22(11-13-7-5-4-6-8-13)10-9-15(14)19-17(18)20-16/h4-8H,3,9-12H2,1-2H3. The summed E-state index contributed by atoms with van der Waals surface area (Å²) in [6.07, 6.45) is 0.926. The highest BCUT2D eigenvalue weighted by atomic mass is 35.5. The van der Waals surface area contributed by atoms with Crippen LogP contribution in [0.1, 0.15) is 23.7 Å². The van der Waals surface area contributed by atoms with Gasteiger partial charge in [-0.15, -0.1) is 0 Å². The van der Waals surface area contributed by atoms with Gasteiger partial charge in [0, 0.05) is 45.2 Å². The van der Waals surface area contributed by atoms with E-state index in [-0.39, 0.29) is 0 Å². The Balaban J connectivity index is 1.85. The summed E-state index contributed by atoms with van der Waals surface area (Å²) in [7, 11) is 2.05. The van der Waals surface area contributed by atoms with Crippen LogP contribution in [-0.4, -0.2) is 35.0 Å². The molecule has 1 aliphatic rings. The van der Waals surface area contributed by atoms with E-state index >= 15 is 0 Å². The second-order valence-corrected chi connectivity index (χ2v) is 6.04. The lowest BCUT2D eigenvalue weighted by Crippen LogP contribution is -2.33. The van der Waals surface area contributed by atoms with Crippen molar-refractivity contribution in [2.45, 2.75) is 26.4 Å². The third kappa shape index (κ3) is 3.23. The van der Waals surface area contributed by atoms with E-state index < -0.39 is 0 Å². The zero-order chi connectivity index (χ0) is 15.5. The van der Waals surface area contributed by atoms with Gasteiger partial charge in [-0.1, -0.05) is 30.3 Å². The van der Waals surface area contributed by atoms with Crippen molar-refractivity contribution in [3.63, 3.8) is 0 Å². The minimum atomic E-state index is 0.352. The maximum atomic E-state index is 6.09. The van der Waals surface area contributed by atoms with E-state index in [1.807, 2.05) is 0 Å². The van der Waals surface area contributed by atoms with Crippen LogP contribution >= 0.6 is 11.6 Å². The van der Waals surface area contributed by atoms with Crippen molar-refractivity contribution in [1.29, 1.82) is 0 Å². The van der Waals surface area contributed by atoms with Crippen LogP contribution < -0.4 is 4.90 Å². The number of halogens is 1. The first-order chi connectivity index (χ1) is 10.7. The monoisotopic (exact) mass is 316 g/mol. The van der Waals surface area contributed by atoms with Crippen LogP contribution in [0, 0.1) is 0 Å². The van der Waals surface area contributed by atoms with Crippen LogP contribution in [0.4, 0.5) is 5.82 Å². The fourth-order valence-corrected chi connectivity index (χ4v) is 3.05. The number of aromatic nitrogens is 2. The average Bonchev–Trinajstić information content (AvgIpc) is 2.54. The molecule has 1 aromatic heterocycles. The number of benzene rings is 1. The fraction of sp³-hybridized carbons (Fsp3) is 0.412. The molecule has 1 aromatic carbocycles. The summed E-state index contributed by atoms with van der Waals surface area (Å²) in [6, 6.07) is 10.6. The van der Waals surface area contributed by atoms with Crippen molar-refractivity contribution in [3.05, 3.63) is 52.4 Å². The summed E-state index contributed by atoms with van der Waals surface area (Å²) in [6.45, 7) is 5.86. The minimum Gasteiger partial charge on any atom is -0.360 e. The van der Waals surface area contributed by atoms with E-state index in [2.05, 4.69) is 64.1 Å². The Morgan fingerprint density at radius 1 is 1.23 bits per heavy atom. The average molecular weight is 317 g/mol. The SMILES string of the molecule is CCN(C)c1nc(Cl)nc2c1CN(Cc1ccccc1)CC2. The van der Waals surface area contributed by atoms with Crippen molar-refractivity contribution < 1.29 is 0 Å². The summed E-state index contributed by atoms with van der Waals surface area (Å²) >= 11 is 6.09. The molecule has 0 saturated carbocycles. The van der Waals surface area contributed by atoms with Gasteiger partial charge in [-0.2, -0.15) is 0 Å². The molecular weight excluding hydrogens is 296 g/mol. The maximum Gasteiger partial charge on any atom is 0.224 e. The van der Waals surface area contributed by atoms with Gasteiger partial charge in [0.15, 0.2) is 0 Å². The van der Waals surface area contributed by atoms with Crippen LogP contribution in [0.3, 0.4) is 0 Å². The Morgan fingerprint density at radius 3 is 2.73 bits per heavy atom.